The van der Waals surface area contributed by atoms with Crippen molar-refractivity contribution >= 4 is 10.0 Å². The lowest BCUT2D eigenvalue weighted by atomic mass is 9.89. The van der Waals surface area contributed by atoms with Crippen molar-refractivity contribution in [1.82, 2.24) is 9.62 Å². The molecule has 0 aliphatic carbocycles. The number of likely N-dealkylation sites (tertiary alicyclic amines) is 1. The molecule has 1 fully saturated rings. The van der Waals surface area contributed by atoms with Crippen LogP contribution in [0.1, 0.15) is 19.8 Å². The van der Waals surface area contributed by atoms with Gasteiger partial charge in [-0.15, -0.1) is 0 Å². The predicted octanol–water partition coefficient (Wildman–Crippen LogP) is -0.635. The number of hydrogen-bond acceptors (Lipinski definition) is 5. The normalized spacial score (nSPS) is 21.1. The number of piperidine rings is 1. The van der Waals surface area contributed by atoms with E-state index in [1.165, 1.54) is 0 Å². The number of hydrogen-bond donors (Lipinski definition) is 2. The van der Waals surface area contributed by atoms with Gasteiger partial charge in [-0.1, -0.05) is 0 Å². The number of nitrogens with two attached hydrogens (primary N) is 1. The number of sulfonamides is 1. The van der Waals surface area contributed by atoms with Crippen LogP contribution in [-0.4, -0.2) is 64.5 Å². The van der Waals surface area contributed by atoms with Crippen LogP contribution in [0, 0.1) is 0 Å². The van der Waals surface area contributed by atoms with Crippen LogP contribution in [0.5, 0.6) is 0 Å². The fourth-order valence-electron chi connectivity index (χ4n) is 2.09. The van der Waals surface area contributed by atoms with Crippen LogP contribution in [-0.2, 0) is 14.8 Å². The average molecular weight is 279 g/mol. The van der Waals surface area contributed by atoms with Crippen LogP contribution in [0.4, 0.5) is 0 Å². The van der Waals surface area contributed by atoms with E-state index in [2.05, 4.69) is 9.62 Å². The Kier molecular flexibility index (Phi) is 6.00. The van der Waals surface area contributed by atoms with Crippen molar-refractivity contribution in [2.45, 2.75) is 25.3 Å². The second-order valence-corrected chi connectivity index (χ2v) is 6.75. The minimum Gasteiger partial charge on any atom is -0.381 e. The molecule has 0 aromatic rings. The molecule has 0 aromatic carbocycles. The maximum Gasteiger partial charge on any atom is 0.214 e. The minimum atomic E-state index is -3.31. The first-order valence-corrected chi connectivity index (χ1v) is 8.06. The number of nitrogens with zero attached hydrogens (tertiary/aromatic N) is 1. The van der Waals surface area contributed by atoms with E-state index in [0.717, 1.165) is 25.9 Å². The molecule has 0 bridgehead atoms. The lowest BCUT2D eigenvalue weighted by Crippen LogP contribution is -2.59. The summed E-state index contributed by atoms with van der Waals surface area (Å²) in [6, 6.07) is 0. The molecule has 7 heteroatoms. The summed E-state index contributed by atoms with van der Waals surface area (Å²) >= 11 is 0. The van der Waals surface area contributed by atoms with E-state index < -0.39 is 15.6 Å². The Balaban J connectivity index is 2.56. The van der Waals surface area contributed by atoms with Crippen LogP contribution in [0.3, 0.4) is 0 Å². The lowest BCUT2D eigenvalue weighted by Gasteiger charge is -2.40. The van der Waals surface area contributed by atoms with E-state index in [1.54, 1.807) is 0 Å². The average Bonchev–Trinajstić information content (AvgIpc) is 2.32. The van der Waals surface area contributed by atoms with Gasteiger partial charge in [0.25, 0.3) is 0 Å². The first-order valence-electron chi connectivity index (χ1n) is 6.41. The van der Waals surface area contributed by atoms with Crippen molar-refractivity contribution in [1.29, 1.82) is 0 Å². The molecule has 1 saturated heterocycles. The van der Waals surface area contributed by atoms with Crippen LogP contribution in [0.15, 0.2) is 0 Å². The molecule has 1 rings (SSSR count). The summed E-state index contributed by atoms with van der Waals surface area (Å²) in [7, 11) is -1.28. The van der Waals surface area contributed by atoms with Gasteiger partial charge in [0.05, 0.1) is 12.4 Å². The van der Waals surface area contributed by atoms with Crippen molar-refractivity contribution in [3.05, 3.63) is 0 Å². The van der Waals surface area contributed by atoms with Gasteiger partial charge in [-0.05, 0) is 39.9 Å². The van der Waals surface area contributed by atoms with Crippen molar-refractivity contribution in [3.8, 4) is 0 Å². The van der Waals surface area contributed by atoms with E-state index >= 15 is 0 Å². The van der Waals surface area contributed by atoms with Gasteiger partial charge >= 0.3 is 0 Å². The quantitative estimate of drug-likeness (QED) is 0.606. The molecule has 1 aliphatic rings. The largest absolute Gasteiger partial charge is 0.381 e. The fraction of sp³-hybridized carbons (Fsp3) is 1.00. The first-order chi connectivity index (χ1) is 8.43. The molecule has 1 heterocycles. The van der Waals surface area contributed by atoms with Crippen LogP contribution in [0.2, 0.25) is 0 Å². The highest BCUT2D eigenvalue weighted by Gasteiger charge is 2.35. The van der Waals surface area contributed by atoms with Crippen molar-refractivity contribution in [2.75, 3.05) is 45.6 Å². The van der Waals surface area contributed by atoms with Gasteiger partial charge in [-0.25, -0.2) is 13.1 Å². The zero-order valence-corrected chi connectivity index (χ0v) is 12.1. The summed E-state index contributed by atoms with van der Waals surface area (Å²) in [6.07, 6.45) is 1.52. The monoisotopic (exact) mass is 279 g/mol. The topological polar surface area (TPSA) is 84.7 Å². The Labute approximate surface area is 110 Å². The molecule has 0 unspecified atom stereocenters. The molecular formula is C11H25N3O3S. The Hall–Kier alpha value is -0.210. The van der Waals surface area contributed by atoms with Gasteiger partial charge in [0.15, 0.2) is 0 Å². The standard InChI is InChI=1S/C11H25N3O3S/c1-3-17-8-9-18(15,16)13-11(10-12)4-6-14(2)7-5-11/h13H,3-10,12H2,1-2H3. The molecule has 18 heavy (non-hydrogen) atoms. The molecule has 0 spiro atoms. The molecule has 0 amide bonds. The summed E-state index contributed by atoms with van der Waals surface area (Å²) in [5.41, 5.74) is 5.29. The smallest absolute Gasteiger partial charge is 0.214 e. The maximum atomic E-state index is 12.0. The SMILES string of the molecule is CCOCCS(=O)(=O)NC1(CN)CCN(C)CC1. The molecule has 0 atom stereocenters. The number of rotatable bonds is 7. The van der Waals surface area contributed by atoms with Gasteiger partial charge in [-0.2, -0.15) is 0 Å². The van der Waals surface area contributed by atoms with Crippen LogP contribution < -0.4 is 10.5 Å². The Bertz CT molecular complexity index is 337. The van der Waals surface area contributed by atoms with Gasteiger partial charge in [0.1, 0.15) is 0 Å². The minimum absolute atomic E-state index is 0.00156. The van der Waals surface area contributed by atoms with Crippen molar-refractivity contribution in [3.63, 3.8) is 0 Å². The third kappa shape index (κ3) is 4.81. The molecule has 108 valence electrons. The molecule has 3 N–H and O–H groups in total. The highest BCUT2D eigenvalue weighted by molar-refractivity contribution is 7.89. The number of ether oxygens (including phenoxy) is 1. The van der Waals surface area contributed by atoms with E-state index in [-0.39, 0.29) is 12.4 Å². The third-order valence-electron chi connectivity index (χ3n) is 3.41. The zero-order chi connectivity index (χ0) is 13.6. The van der Waals surface area contributed by atoms with Crippen LogP contribution >= 0.6 is 0 Å². The Morgan fingerprint density at radius 3 is 2.50 bits per heavy atom. The van der Waals surface area contributed by atoms with Gasteiger partial charge in [0, 0.05) is 18.7 Å². The van der Waals surface area contributed by atoms with Crippen molar-refractivity contribution < 1.29 is 13.2 Å². The molecule has 0 aromatic heterocycles. The maximum absolute atomic E-state index is 12.0. The van der Waals surface area contributed by atoms with Crippen LogP contribution in [0.25, 0.3) is 0 Å². The summed E-state index contributed by atoms with van der Waals surface area (Å²) in [5.74, 6) is -0.00156. The van der Waals surface area contributed by atoms with E-state index in [4.69, 9.17) is 10.5 Å². The lowest BCUT2D eigenvalue weighted by molar-refractivity contribution is 0.161. The highest BCUT2D eigenvalue weighted by Crippen LogP contribution is 2.21. The molecule has 0 radical (unpaired) electrons. The molecule has 6 nitrogen and oxygen atoms in total. The number of nitrogens with one attached hydrogen (secondary N) is 1. The van der Waals surface area contributed by atoms with Crippen molar-refractivity contribution in [2.24, 2.45) is 5.73 Å². The van der Waals surface area contributed by atoms with Gasteiger partial charge < -0.3 is 15.4 Å². The predicted molar refractivity (Wildman–Crippen MR) is 71.9 cm³/mol. The second kappa shape index (κ2) is 6.81. The Morgan fingerprint density at radius 2 is 2.00 bits per heavy atom. The van der Waals surface area contributed by atoms with Gasteiger partial charge in [0.2, 0.25) is 10.0 Å². The zero-order valence-electron chi connectivity index (χ0n) is 11.3. The first kappa shape index (κ1) is 15.8. The summed E-state index contributed by atoms with van der Waals surface area (Å²) in [5, 5.41) is 0. The third-order valence-corrected chi connectivity index (χ3v) is 4.86. The second-order valence-electron chi connectivity index (χ2n) is 4.91. The van der Waals surface area contributed by atoms with E-state index in [1.807, 2.05) is 14.0 Å². The molecular weight excluding hydrogens is 254 g/mol. The molecule has 0 saturated carbocycles. The van der Waals surface area contributed by atoms with E-state index in [9.17, 15) is 8.42 Å². The van der Waals surface area contributed by atoms with E-state index in [0.29, 0.717) is 13.2 Å². The highest BCUT2D eigenvalue weighted by atomic mass is 32.2. The summed E-state index contributed by atoms with van der Waals surface area (Å²) < 4.78 is 31.8. The molecule has 1 aliphatic heterocycles. The fourth-order valence-corrected chi connectivity index (χ4v) is 3.47. The summed E-state index contributed by atoms with van der Waals surface area (Å²) in [6.45, 7) is 4.68. The Morgan fingerprint density at radius 1 is 1.39 bits per heavy atom. The van der Waals surface area contributed by atoms with Gasteiger partial charge in [-0.3, -0.25) is 0 Å². The summed E-state index contributed by atoms with van der Waals surface area (Å²) in [4.78, 5) is 2.18.